The van der Waals surface area contributed by atoms with Crippen LogP contribution in [0.1, 0.15) is 21.6 Å². The minimum absolute atomic E-state index is 0.0688. The summed E-state index contributed by atoms with van der Waals surface area (Å²) in [6.45, 7) is 3.92. The van der Waals surface area contributed by atoms with Crippen molar-refractivity contribution in [2.45, 2.75) is 13.1 Å². The number of carbonyl (C=O) groups excluding carboxylic acids is 1. The largest absolute Gasteiger partial charge is 0.378 e. The second-order valence-corrected chi connectivity index (χ2v) is 8.31. The first-order chi connectivity index (χ1) is 16.8. The summed E-state index contributed by atoms with van der Waals surface area (Å²) in [7, 11) is 0. The fraction of sp³-hybridized carbons (Fsp3) is 0.222. The van der Waals surface area contributed by atoms with Crippen LogP contribution in [0.3, 0.4) is 0 Å². The minimum atomic E-state index is -0.0688. The summed E-state index contributed by atoms with van der Waals surface area (Å²) in [5, 5.41) is 0. The molecule has 1 amide bonds. The van der Waals surface area contributed by atoms with Crippen molar-refractivity contribution in [2.24, 2.45) is 0 Å². The first-order valence-corrected chi connectivity index (χ1v) is 11.5. The van der Waals surface area contributed by atoms with Crippen LogP contribution in [0.4, 0.5) is 5.82 Å². The van der Waals surface area contributed by atoms with Crippen LogP contribution in [0.5, 0.6) is 0 Å². The molecule has 7 nitrogen and oxygen atoms in total. The van der Waals surface area contributed by atoms with E-state index in [2.05, 4.69) is 50.2 Å². The third-order valence-corrected chi connectivity index (χ3v) is 5.94. The molecule has 3 heterocycles. The van der Waals surface area contributed by atoms with Crippen molar-refractivity contribution in [1.82, 2.24) is 19.9 Å². The number of hydrogen-bond acceptors (Lipinski definition) is 5. The molecule has 4 aromatic rings. The lowest BCUT2D eigenvalue weighted by Gasteiger charge is -2.28. The Kier molecular flexibility index (Phi) is 6.63. The standard InChI is InChI=1S/C27H27N5O2/c33-27(24-9-10-26(29-16-24)31-11-13-34-14-12-31)32(19-25-17-28-20-30-25)18-21-5-4-8-23(15-21)22-6-2-1-3-7-22/h1-10,15-17,20H,11-14,18-19H2,(H,28,30). The van der Waals surface area contributed by atoms with Crippen molar-refractivity contribution in [3.8, 4) is 11.1 Å². The normalized spacial score (nSPS) is 13.6. The molecule has 0 unspecified atom stereocenters. The molecule has 1 aliphatic heterocycles. The van der Waals surface area contributed by atoms with Crippen LogP contribution >= 0.6 is 0 Å². The van der Waals surface area contributed by atoms with Gasteiger partial charge >= 0.3 is 0 Å². The Labute approximate surface area is 199 Å². The molecule has 5 rings (SSSR count). The molecule has 1 N–H and O–H groups in total. The van der Waals surface area contributed by atoms with Crippen molar-refractivity contribution in [2.75, 3.05) is 31.2 Å². The molecule has 0 atom stereocenters. The molecule has 0 radical (unpaired) electrons. The maximum atomic E-state index is 13.5. The highest BCUT2D eigenvalue weighted by Gasteiger charge is 2.19. The maximum Gasteiger partial charge on any atom is 0.256 e. The highest BCUT2D eigenvalue weighted by Crippen LogP contribution is 2.22. The van der Waals surface area contributed by atoms with Crippen LogP contribution in [0.2, 0.25) is 0 Å². The van der Waals surface area contributed by atoms with Crippen molar-refractivity contribution in [3.05, 3.63) is 102 Å². The monoisotopic (exact) mass is 453 g/mol. The van der Waals surface area contributed by atoms with Gasteiger partial charge in [0.1, 0.15) is 5.82 Å². The molecule has 1 fully saturated rings. The van der Waals surface area contributed by atoms with E-state index in [0.717, 1.165) is 41.3 Å². The lowest BCUT2D eigenvalue weighted by Crippen LogP contribution is -2.36. The summed E-state index contributed by atoms with van der Waals surface area (Å²) in [5.41, 5.74) is 4.79. The minimum Gasteiger partial charge on any atom is -0.378 e. The van der Waals surface area contributed by atoms with Gasteiger partial charge in [-0.1, -0.05) is 48.5 Å². The van der Waals surface area contributed by atoms with Crippen molar-refractivity contribution in [3.63, 3.8) is 0 Å². The second kappa shape index (κ2) is 10.3. The molecule has 7 heteroatoms. The molecule has 2 aromatic heterocycles. The van der Waals surface area contributed by atoms with Gasteiger partial charge in [-0.2, -0.15) is 0 Å². The zero-order valence-corrected chi connectivity index (χ0v) is 18.9. The summed E-state index contributed by atoms with van der Waals surface area (Å²) in [6.07, 6.45) is 5.06. The quantitative estimate of drug-likeness (QED) is 0.455. The SMILES string of the molecule is O=C(c1ccc(N2CCOCC2)nc1)N(Cc1cccc(-c2ccccc2)c1)Cc1cnc[nH]1. The number of aromatic nitrogens is 3. The molecular formula is C27H27N5O2. The number of pyridine rings is 1. The topological polar surface area (TPSA) is 74.4 Å². The number of H-pyrrole nitrogens is 1. The average Bonchev–Trinajstić information content (AvgIpc) is 3.42. The first kappa shape index (κ1) is 21.9. The van der Waals surface area contributed by atoms with Gasteiger partial charge in [-0.3, -0.25) is 4.79 Å². The molecule has 0 spiro atoms. The van der Waals surface area contributed by atoms with Crippen LogP contribution in [0, 0.1) is 0 Å². The Morgan fingerprint density at radius 1 is 0.941 bits per heavy atom. The van der Waals surface area contributed by atoms with Crippen LogP contribution in [0.25, 0.3) is 11.1 Å². The Morgan fingerprint density at radius 3 is 2.50 bits per heavy atom. The van der Waals surface area contributed by atoms with E-state index in [1.54, 1.807) is 18.7 Å². The number of amides is 1. The lowest BCUT2D eigenvalue weighted by atomic mass is 10.0. The highest BCUT2D eigenvalue weighted by molar-refractivity contribution is 5.94. The third kappa shape index (κ3) is 5.15. The van der Waals surface area contributed by atoms with Crippen LogP contribution in [-0.4, -0.2) is 52.1 Å². The van der Waals surface area contributed by atoms with Gasteiger partial charge in [0.2, 0.25) is 0 Å². The van der Waals surface area contributed by atoms with Gasteiger partial charge < -0.3 is 19.5 Å². The van der Waals surface area contributed by atoms with Crippen molar-refractivity contribution >= 4 is 11.7 Å². The van der Waals surface area contributed by atoms with E-state index in [-0.39, 0.29) is 5.91 Å². The van der Waals surface area contributed by atoms with Crippen molar-refractivity contribution in [1.29, 1.82) is 0 Å². The molecule has 0 aliphatic carbocycles. The number of carbonyl (C=O) groups is 1. The van der Waals surface area contributed by atoms with E-state index in [1.807, 2.05) is 41.3 Å². The number of rotatable bonds is 7. The molecule has 1 aliphatic rings. The van der Waals surface area contributed by atoms with Gasteiger partial charge in [0.15, 0.2) is 0 Å². The Balaban J connectivity index is 1.37. The molecule has 0 bridgehead atoms. The number of morpholine rings is 1. The number of aromatic amines is 1. The van der Waals surface area contributed by atoms with Gasteiger partial charge in [0, 0.05) is 32.0 Å². The van der Waals surface area contributed by atoms with E-state index < -0.39 is 0 Å². The Bertz CT molecular complexity index is 1200. The van der Waals surface area contributed by atoms with E-state index in [4.69, 9.17) is 4.74 Å². The zero-order valence-electron chi connectivity index (χ0n) is 18.9. The number of anilines is 1. The number of nitrogens with one attached hydrogen (secondary N) is 1. The summed E-state index contributed by atoms with van der Waals surface area (Å²) in [5.74, 6) is 0.802. The number of nitrogens with zero attached hydrogens (tertiary/aromatic N) is 4. The van der Waals surface area contributed by atoms with Gasteiger partial charge in [0.25, 0.3) is 5.91 Å². The number of ether oxygens (including phenoxy) is 1. The van der Waals surface area contributed by atoms with Gasteiger partial charge in [-0.25, -0.2) is 9.97 Å². The summed E-state index contributed by atoms with van der Waals surface area (Å²) in [4.78, 5) is 29.3. The highest BCUT2D eigenvalue weighted by atomic mass is 16.5. The average molecular weight is 454 g/mol. The Morgan fingerprint density at radius 2 is 1.76 bits per heavy atom. The van der Waals surface area contributed by atoms with E-state index >= 15 is 0 Å². The van der Waals surface area contributed by atoms with Gasteiger partial charge in [-0.05, 0) is 34.9 Å². The molecule has 0 saturated carbocycles. The summed E-state index contributed by atoms with van der Waals surface area (Å²) >= 11 is 0. The third-order valence-electron chi connectivity index (χ3n) is 5.94. The second-order valence-electron chi connectivity index (χ2n) is 8.31. The smallest absolute Gasteiger partial charge is 0.256 e. The predicted octanol–water partition coefficient (Wildman–Crippen LogP) is 4.15. The molecule has 1 saturated heterocycles. The van der Waals surface area contributed by atoms with E-state index in [0.29, 0.717) is 31.9 Å². The summed E-state index contributed by atoms with van der Waals surface area (Å²) in [6, 6.07) is 22.4. The predicted molar refractivity (Wildman–Crippen MR) is 131 cm³/mol. The number of hydrogen-bond donors (Lipinski definition) is 1. The molecule has 34 heavy (non-hydrogen) atoms. The van der Waals surface area contributed by atoms with Gasteiger partial charge in [0.05, 0.1) is 37.3 Å². The van der Waals surface area contributed by atoms with Crippen molar-refractivity contribution < 1.29 is 9.53 Å². The van der Waals surface area contributed by atoms with E-state index in [9.17, 15) is 4.79 Å². The first-order valence-electron chi connectivity index (χ1n) is 11.5. The van der Waals surface area contributed by atoms with Crippen LogP contribution in [0.15, 0.2) is 85.5 Å². The fourth-order valence-corrected chi connectivity index (χ4v) is 4.15. The van der Waals surface area contributed by atoms with Crippen LogP contribution < -0.4 is 4.90 Å². The zero-order chi connectivity index (χ0) is 23.2. The van der Waals surface area contributed by atoms with E-state index in [1.165, 1.54) is 0 Å². The molecule has 2 aromatic carbocycles. The van der Waals surface area contributed by atoms with Crippen LogP contribution in [-0.2, 0) is 17.8 Å². The number of imidazole rings is 1. The Hall–Kier alpha value is -3.97. The molecular weight excluding hydrogens is 426 g/mol. The lowest BCUT2D eigenvalue weighted by molar-refractivity contribution is 0.0727. The maximum absolute atomic E-state index is 13.5. The summed E-state index contributed by atoms with van der Waals surface area (Å²) < 4.78 is 5.42. The number of benzene rings is 2. The van der Waals surface area contributed by atoms with Gasteiger partial charge in [-0.15, -0.1) is 0 Å². The molecule has 172 valence electrons. The fourth-order valence-electron chi connectivity index (χ4n) is 4.15.